The van der Waals surface area contributed by atoms with Crippen LogP contribution in [0.4, 0.5) is 9.80 Å². The predicted octanol–water partition coefficient (Wildman–Crippen LogP) is 1.75. The third-order valence-corrected chi connectivity index (χ3v) is 7.56. The number of nitrogen functional groups attached to an aromatic ring is 1. The lowest BCUT2D eigenvalue weighted by atomic mass is 9.74. The zero-order valence-electron chi connectivity index (χ0n) is 19.0. The maximum atomic E-state index is 13.4. The highest BCUT2D eigenvalue weighted by molar-refractivity contribution is 7.16. The molecule has 1 saturated heterocycles. The number of amides is 3. The first-order valence-corrected chi connectivity index (χ1v) is 11.8. The van der Waals surface area contributed by atoms with Crippen molar-refractivity contribution in [1.82, 2.24) is 20.0 Å². The summed E-state index contributed by atoms with van der Waals surface area (Å²) < 4.78 is 0. The highest BCUT2D eigenvalue weighted by Crippen LogP contribution is 2.42. The minimum atomic E-state index is -0.306. The molecule has 1 fully saturated rings. The molecule has 31 heavy (non-hydrogen) atoms. The Labute approximate surface area is 189 Å². The number of carbonyl (C=O) groups is 2. The van der Waals surface area contributed by atoms with Crippen LogP contribution in [0.1, 0.15) is 35.8 Å². The van der Waals surface area contributed by atoms with Gasteiger partial charge in [-0.3, -0.25) is 9.69 Å². The molecule has 1 aliphatic heterocycles. The number of nitrogens with one attached hydrogen (secondary N) is 1. The Kier molecular flexibility index (Phi) is 7.57. The Hall–Kier alpha value is -2.15. The number of piperidine rings is 1. The van der Waals surface area contributed by atoms with E-state index in [9.17, 15) is 14.9 Å². The molecule has 3 amide bonds. The molecule has 9 heteroatoms. The van der Waals surface area contributed by atoms with E-state index in [0.717, 1.165) is 37.8 Å². The number of imide groups is 1. The lowest BCUT2D eigenvalue weighted by Gasteiger charge is -2.45. The number of nitrogens with two attached hydrogens (primary N) is 1. The van der Waals surface area contributed by atoms with E-state index >= 15 is 0 Å². The van der Waals surface area contributed by atoms with Crippen LogP contribution in [0, 0.1) is 23.2 Å². The van der Waals surface area contributed by atoms with E-state index in [1.165, 1.54) is 21.1 Å². The fourth-order valence-electron chi connectivity index (χ4n) is 4.97. The van der Waals surface area contributed by atoms with Gasteiger partial charge in [0.1, 0.15) is 11.1 Å². The van der Waals surface area contributed by atoms with E-state index in [4.69, 9.17) is 5.73 Å². The van der Waals surface area contributed by atoms with Crippen LogP contribution >= 0.6 is 11.3 Å². The van der Waals surface area contributed by atoms with Crippen molar-refractivity contribution in [3.8, 4) is 6.07 Å². The quantitative estimate of drug-likeness (QED) is 0.690. The molecule has 2 aliphatic rings. The molecule has 8 nitrogen and oxygen atoms in total. The van der Waals surface area contributed by atoms with Crippen molar-refractivity contribution in [2.24, 2.45) is 11.8 Å². The van der Waals surface area contributed by atoms with Gasteiger partial charge >= 0.3 is 6.03 Å². The first kappa shape index (κ1) is 23.5. The number of urea groups is 1. The molecule has 0 bridgehead atoms. The Morgan fingerprint density at radius 1 is 1.32 bits per heavy atom. The van der Waals surface area contributed by atoms with Gasteiger partial charge in [-0.15, -0.1) is 11.3 Å². The van der Waals surface area contributed by atoms with E-state index in [1.807, 2.05) is 21.0 Å². The second-order valence-electron chi connectivity index (χ2n) is 8.94. The Morgan fingerprint density at radius 3 is 2.71 bits per heavy atom. The second-order valence-corrected chi connectivity index (χ2v) is 10.1. The minimum Gasteiger partial charge on any atom is -0.389 e. The van der Waals surface area contributed by atoms with Crippen LogP contribution in [0.2, 0.25) is 0 Å². The van der Waals surface area contributed by atoms with E-state index in [1.54, 1.807) is 0 Å². The van der Waals surface area contributed by atoms with Crippen molar-refractivity contribution in [2.45, 2.75) is 38.6 Å². The molecular weight excluding hydrogens is 412 g/mol. The molecule has 3 N–H and O–H groups in total. The van der Waals surface area contributed by atoms with Gasteiger partial charge in [0, 0.05) is 30.6 Å². The largest absolute Gasteiger partial charge is 0.389 e. The molecule has 1 aliphatic carbocycles. The van der Waals surface area contributed by atoms with Gasteiger partial charge < -0.3 is 20.9 Å². The molecule has 0 aromatic carbocycles. The summed E-state index contributed by atoms with van der Waals surface area (Å²) in [5.41, 5.74) is 7.76. The van der Waals surface area contributed by atoms with Gasteiger partial charge in [0.15, 0.2) is 0 Å². The second kappa shape index (κ2) is 9.98. The van der Waals surface area contributed by atoms with E-state index in [2.05, 4.69) is 28.2 Å². The van der Waals surface area contributed by atoms with Crippen LogP contribution in [0.25, 0.3) is 0 Å². The van der Waals surface area contributed by atoms with Crippen LogP contribution in [-0.2, 0) is 17.6 Å². The van der Waals surface area contributed by atoms with Crippen molar-refractivity contribution in [1.29, 1.82) is 5.26 Å². The molecule has 1 aromatic rings. The number of rotatable bonds is 6. The normalized spacial score (nSPS) is 23.0. The molecule has 3 rings (SSSR count). The maximum Gasteiger partial charge on any atom is 0.324 e. The van der Waals surface area contributed by atoms with Crippen molar-refractivity contribution in [3.05, 3.63) is 16.0 Å². The number of hydrogen-bond acceptors (Lipinski definition) is 7. The minimum absolute atomic E-state index is 0.0915. The van der Waals surface area contributed by atoms with Crippen LogP contribution in [0.5, 0.6) is 0 Å². The third-order valence-electron chi connectivity index (χ3n) is 6.47. The van der Waals surface area contributed by atoms with Gasteiger partial charge in [0.05, 0.1) is 11.5 Å². The fraction of sp³-hybridized carbons (Fsp3) is 0.682. The summed E-state index contributed by atoms with van der Waals surface area (Å²) in [6.45, 7) is 4.23. The van der Waals surface area contributed by atoms with Crippen molar-refractivity contribution < 1.29 is 9.59 Å². The summed E-state index contributed by atoms with van der Waals surface area (Å²) >= 11 is 1.53. The van der Waals surface area contributed by atoms with Gasteiger partial charge in [-0.1, -0.05) is 0 Å². The number of fused-ring (bicyclic) bond motifs is 2. The lowest BCUT2D eigenvalue weighted by molar-refractivity contribution is -0.136. The number of likely N-dealkylation sites (tertiary alicyclic amines) is 1. The molecule has 2 heterocycles. The molecule has 3 atom stereocenters. The van der Waals surface area contributed by atoms with Gasteiger partial charge in [-0.05, 0) is 71.8 Å². The lowest BCUT2D eigenvalue weighted by Crippen LogP contribution is -2.55. The summed E-state index contributed by atoms with van der Waals surface area (Å²) in [6.07, 6.45) is 3.12. The van der Waals surface area contributed by atoms with Gasteiger partial charge in [0.25, 0.3) is 0 Å². The first-order chi connectivity index (χ1) is 14.8. The van der Waals surface area contributed by atoms with Crippen molar-refractivity contribution in [2.75, 3.05) is 53.1 Å². The fourth-order valence-corrected chi connectivity index (χ4v) is 6.07. The topological polar surface area (TPSA) is 106 Å². The Bertz CT molecular complexity index is 861. The van der Waals surface area contributed by atoms with Crippen LogP contribution in [-0.4, -0.2) is 80.0 Å². The van der Waals surface area contributed by atoms with Crippen molar-refractivity contribution in [3.63, 3.8) is 0 Å². The summed E-state index contributed by atoms with van der Waals surface area (Å²) in [7, 11) is 6.03. The number of hydrogen-bond donors (Lipinski definition) is 2. The summed E-state index contributed by atoms with van der Waals surface area (Å²) in [5.74, 6) is -0.0402. The highest BCUT2D eigenvalue weighted by Gasteiger charge is 2.43. The SMILES string of the molecule is CCNC(=O)N(CCCN(C)C)C(=O)[C@@H]1C[C@@H]2Cc3c(sc(N)c3C#N)C[C@H]2N(C)C1. The first-order valence-electron chi connectivity index (χ1n) is 11.0. The molecule has 0 spiro atoms. The molecule has 0 saturated carbocycles. The zero-order chi connectivity index (χ0) is 22.7. The van der Waals surface area contributed by atoms with Gasteiger partial charge in [-0.25, -0.2) is 4.79 Å². The number of nitriles is 1. The zero-order valence-corrected chi connectivity index (χ0v) is 19.8. The molecule has 170 valence electrons. The maximum absolute atomic E-state index is 13.4. The van der Waals surface area contributed by atoms with E-state index in [0.29, 0.717) is 36.2 Å². The van der Waals surface area contributed by atoms with Crippen molar-refractivity contribution >= 4 is 28.3 Å². The summed E-state index contributed by atoms with van der Waals surface area (Å²) in [5, 5.41) is 12.9. The van der Waals surface area contributed by atoms with Gasteiger partial charge in [0.2, 0.25) is 5.91 Å². The molecule has 0 radical (unpaired) electrons. The Balaban J connectivity index is 1.76. The number of anilines is 1. The standard InChI is InChI=1S/C22H34N6O2S/c1-5-25-22(30)28(8-6-7-26(2)3)21(29)15-9-14-10-16-17(12-23)20(24)31-19(16)11-18(14)27(4)13-15/h14-15,18H,5-11,13,24H2,1-4H3,(H,25,30)/t14-,15-,18-/m1/s1. The highest BCUT2D eigenvalue weighted by atomic mass is 32.1. The van der Waals surface area contributed by atoms with E-state index in [-0.39, 0.29) is 23.8 Å². The van der Waals surface area contributed by atoms with Crippen LogP contribution in [0.3, 0.4) is 0 Å². The average Bonchev–Trinajstić information content (AvgIpc) is 3.03. The predicted molar refractivity (Wildman–Crippen MR) is 123 cm³/mol. The van der Waals surface area contributed by atoms with Crippen LogP contribution in [0.15, 0.2) is 0 Å². The van der Waals surface area contributed by atoms with E-state index < -0.39 is 0 Å². The van der Waals surface area contributed by atoms with Gasteiger partial charge in [-0.2, -0.15) is 5.26 Å². The summed E-state index contributed by atoms with van der Waals surface area (Å²) in [6, 6.07) is 2.30. The number of likely N-dealkylation sites (N-methyl/N-ethyl adjacent to an activating group) is 1. The Morgan fingerprint density at radius 2 is 2.06 bits per heavy atom. The molecule has 0 unspecified atom stereocenters. The summed E-state index contributed by atoms with van der Waals surface area (Å²) in [4.78, 5) is 33.0. The molecule has 1 aromatic heterocycles. The number of nitrogens with zero attached hydrogens (tertiary/aromatic N) is 4. The molecular formula is C22H34N6O2S. The number of carbonyl (C=O) groups excluding carboxylic acids is 2. The third kappa shape index (κ3) is 5.03. The van der Waals surface area contributed by atoms with Crippen LogP contribution < -0.4 is 11.1 Å². The smallest absolute Gasteiger partial charge is 0.324 e. The number of thiophene rings is 1. The average molecular weight is 447 g/mol. The monoisotopic (exact) mass is 446 g/mol.